The van der Waals surface area contributed by atoms with Crippen molar-refractivity contribution in [1.82, 2.24) is 14.9 Å². The van der Waals surface area contributed by atoms with Gasteiger partial charge in [0.05, 0.1) is 11.4 Å². The van der Waals surface area contributed by atoms with Gasteiger partial charge in [0, 0.05) is 62.1 Å². The summed E-state index contributed by atoms with van der Waals surface area (Å²) in [5, 5.41) is 29.4. The molecule has 0 atom stereocenters. The van der Waals surface area contributed by atoms with Crippen LogP contribution in [0.2, 0.25) is 0 Å². The SMILES string of the molecule is Oc1cc(O)c(CN2CCc3nc(C4=NCCCC4)ncc3C2)c(O)c1. The minimum Gasteiger partial charge on any atom is -0.508 e. The van der Waals surface area contributed by atoms with E-state index in [4.69, 9.17) is 4.98 Å². The maximum atomic E-state index is 9.99. The number of aromatic nitrogens is 2. The minimum absolute atomic E-state index is 0.102. The van der Waals surface area contributed by atoms with Gasteiger partial charge in [-0.2, -0.15) is 0 Å². The second kappa shape index (κ2) is 6.92. The van der Waals surface area contributed by atoms with Gasteiger partial charge < -0.3 is 15.3 Å². The smallest absolute Gasteiger partial charge is 0.173 e. The van der Waals surface area contributed by atoms with Crippen LogP contribution >= 0.6 is 0 Å². The quantitative estimate of drug-likeness (QED) is 0.780. The van der Waals surface area contributed by atoms with Crippen LogP contribution in [0.4, 0.5) is 0 Å². The van der Waals surface area contributed by atoms with Crippen molar-refractivity contribution in [1.29, 1.82) is 0 Å². The van der Waals surface area contributed by atoms with Crippen LogP contribution in [0.5, 0.6) is 17.2 Å². The first-order chi connectivity index (χ1) is 12.6. The third kappa shape index (κ3) is 3.35. The number of phenolic OH excluding ortho intramolecular Hbond substituents is 3. The van der Waals surface area contributed by atoms with Gasteiger partial charge in [0.1, 0.15) is 17.2 Å². The van der Waals surface area contributed by atoms with E-state index in [0.717, 1.165) is 61.6 Å². The van der Waals surface area contributed by atoms with Crippen molar-refractivity contribution in [3.63, 3.8) is 0 Å². The Balaban J connectivity index is 1.51. The third-order valence-electron chi connectivity index (χ3n) is 4.96. The summed E-state index contributed by atoms with van der Waals surface area (Å²) < 4.78 is 0. The van der Waals surface area contributed by atoms with Gasteiger partial charge in [0.15, 0.2) is 5.82 Å². The lowest BCUT2D eigenvalue weighted by Crippen LogP contribution is -2.31. The van der Waals surface area contributed by atoms with Gasteiger partial charge in [0.25, 0.3) is 0 Å². The Bertz CT molecular complexity index is 843. The summed E-state index contributed by atoms with van der Waals surface area (Å²) in [4.78, 5) is 15.9. The number of benzene rings is 1. The lowest BCUT2D eigenvalue weighted by molar-refractivity contribution is 0.236. The van der Waals surface area contributed by atoms with Crippen LogP contribution in [-0.2, 0) is 19.5 Å². The molecule has 7 nitrogen and oxygen atoms in total. The van der Waals surface area contributed by atoms with E-state index in [9.17, 15) is 15.3 Å². The van der Waals surface area contributed by atoms with E-state index >= 15 is 0 Å². The zero-order chi connectivity index (χ0) is 18.1. The lowest BCUT2D eigenvalue weighted by atomic mass is 10.0. The molecule has 0 saturated heterocycles. The molecule has 136 valence electrons. The van der Waals surface area contributed by atoms with Crippen LogP contribution in [-0.4, -0.2) is 49.0 Å². The first-order valence-corrected chi connectivity index (χ1v) is 8.95. The Morgan fingerprint density at radius 1 is 1.04 bits per heavy atom. The molecule has 2 aromatic rings. The Morgan fingerprint density at radius 2 is 1.85 bits per heavy atom. The molecular weight excluding hydrogens is 332 g/mol. The summed E-state index contributed by atoms with van der Waals surface area (Å²) in [6.07, 6.45) is 5.90. The fraction of sp³-hybridized carbons (Fsp3) is 0.421. The second-order valence-corrected chi connectivity index (χ2v) is 6.87. The number of rotatable bonds is 3. The summed E-state index contributed by atoms with van der Waals surface area (Å²) in [5.41, 5.74) is 3.55. The summed E-state index contributed by atoms with van der Waals surface area (Å²) >= 11 is 0. The van der Waals surface area contributed by atoms with Crippen molar-refractivity contribution in [2.45, 2.75) is 38.8 Å². The monoisotopic (exact) mass is 354 g/mol. The molecule has 4 rings (SSSR count). The largest absolute Gasteiger partial charge is 0.508 e. The fourth-order valence-corrected chi connectivity index (χ4v) is 3.54. The van der Waals surface area contributed by atoms with Gasteiger partial charge in [-0.15, -0.1) is 0 Å². The molecule has 0 unspecified atom stereocenters. The van der Waals surface area contributed by atoms with Crippen molar-refractivity contribution in [2.75, 3.05) is 13.1 Å². The van der Waals surface area contributed by atoms with Crippen LogP contribution in [0.3, 0.4) is 0 Å². The number of hydrogen-bond donors (Lipinski definition) is 3. The van der Waals surface area contributed by atoms with Gasteiger partial charge in [-0.05, 0) is 19.3 Å². The molecule has 0 fully saturated rings. The Labute approximate surface area is 151 Å². The normalized spacial score (nSPS) is 17.6. The molecule has 3 heterocycles. The zero-order valence-corrected chi connectivity index (χ0v) is 14.5. The number of aliphatic imine (C=N–C) groups is 1. The Kier molecular flexibility index (Phi) is 4.46. The molecule has 1 aromatic carbocycles. The molecule has 0 amide bonds. The third-order valence-corrected chi connectivity index (χ3v) is 4.96. The zero-order valence-electron chi connectivity index (χ0n) is 14.5. The van der Waals surface area contributed by atoms with E-state index in [1.54, 1.807) is 0 Å². The second-order valence-electron chi connectivity index (χ2n) is 6.87. The predicted octanol–water partition coefficient (Wildman–Crippen LogP) is 2.12. The number of phenols is 3. The van der Waals surface area contributed by atoms with Gasteiger partial charge in [0.2, 0.25) is 0 Å². The van der Waals surface area contributed by atoms with Crippen molar-refractivity contribution in [2.24, 2.45) is 4.99 Å². The minimum atomic E-state index is -0.153. The molecular formula is C19H22N4O3. The highest BCUT2D eigenvalue weighted by Crippen LogP contribution is 2.33. The van der Waals surface area contributed by atoms with E-state index in [1.807, 2.05) is 6.20 Å². The molecule has 0 bridgehead atoms. The van der Waals surface area contributed by atoms with Gasteiger partial charge in [-0.3, -0.25) is 9.89 Å². The van der Waals surface area contributed by atoms with Crippen LogP contribution in [0.25, 0.3) is 0 Å². The Morgan fingerprint density at radius 3 is 2.58 bits per heavy atom. The first kappa shape index (κ1) is 16.8. The van der Waals surface area contributed by atoms with Crippen molar-refractivity contribution in [3.05, 3.63) is 41.0 Å². The number of nitrogens with zero attached hydrogens (tertiary/aromatic N) is 4. The van der Waals surface area contributed by atoms with Crippen LogP contribution in [0.1, 0.15) is 41.9 Å². The first-order valence-electron chi connectivity index (χ1n) is 8.95. The number of aromatic hydroxyl groups is 3. The summed E-state index contributed by atoms with van der Waals surface area (Å²) in [6.45, 7) is 2.69. The van der Waals surface area contributed by atoms with E-state index in [2.05, 4.69) is 14.9 Å². The molecule has 7 heteroatoms. The molecule has 2 aliphatic rings. The summed E-state index contributed by atoms with van der Waals surface area (Å²) in [6, 6.07) is 2.49. The molecule has 3 N–H and O–H groups in total. The van der Waals surface area contributed by atoms with E-state index in [-0.39, 0.29) is 17.2 Å². The molecule has 0 saturated carbocycles. The van der Waals surface area contributed by atoms with E-state index in [0.29, 0.717) is 18.7 Å². The van der Waals surface area contributed by atoms with Crippen molar-refractivity contribution in [3.8, 4) is 17.2 Å². The van der Waals surface area contributed by atoms with E-state index < -0.39 is 0 Å². The predicted molar refractivity (Wildman–Crippen MR) is 96.5 cm³/mol. The maximum Gasteiger partial charge on any atom is 0.173 e. The maximum absolute atomic E-state index is 9.99. The van der Waals surface area contributed by atoms with Crippen molar-refractivity contribution < 1.29 is 15.3 Å². The van der Waals surface area contributed by atoms with Crippen LogP contribution < -0.4 is 0 Å². The fourth-order valence-electron chi connectivity index (χ4n) is 3.54. The molecule has 0 aliphatic carbocycles. The highest BCUT2D eigenvalue weighted by atomic mass is 16.3. The standard InChI is InChI=1S/C19H22N4O3/c24-13-7-17(25)14(18(26)8-13)11-23-6-4-15-12(10-23)9-21-19(22-15)16-3-1-2-5-20-16/h7-9,24-26H,1-6,10-11H2. The molecule has 2 aliphatic heterocycles. The molecule has 1 aromatic heterocycles. The highest BCUT2D eigenvalue weighted by molar-refractivity contribution is 5.97. The topological polar surface area (TPSA) is 102 Å². The molecule has 0 radical (unpaired) electrons. The van der Waals surface area contributed by atoms with Crippen LogP contribution in [0.15, 0.2) is 23.3 Å². The van der Waals surface area contributed by atoms with Gasteiger partial charge in [-0.1, -0.05) is 0 Å². The average Bonchev–Trinajstić information content (AvgIpc) is 2.65. The van der Waals surface area contributed by atoms with Crippen molar-refractivity contribution >= 4 is 5.71 Å². The molecule has 0 spiro atoms. The summed E-state index contributed by atoms with van der Waals surface area (Å²) in [7, 11) is 0. The number of hydrogen-bond acceptors (Lipinski definition) is 7. The number of fused-ring (bicyclic) bond motifs is 1. The highest BCUT2D eigenvalue weighted by Gasteiger charge is 2.22. The summed E-state index contributed by atoms with van der Waals surface area (Å²) in [5.74, 6) is 0.399. The Hall–Kier alpha value is -2.67. The van der Waals surface area contributed by atoms with Gasteiger partial charge in [-0.25, -0.2) is 9.97 Å². The lowest BCUT2D eigenvalue weighted by Gasteiger charge is -2.28. The average molecular weight is 354 g/mol. The van der Waals surface area contributed by atoms with Gasteiger partial charge >= 0.3 is 0 Å². The van der Waals surface area contributed by atoms with Crippen LogP contribution in [0, 0.1) is 0 Å². The van der Waals surface area contributed by atoms with E-state index in [1.165, 1.54) is 12.1 Å². The molecule has 26 heavy (non-hydrogen) atoms.